The molecule has 1 amide bonds. The van der Waals surface area contributed by atoms with E-state index < -0.39 is 17.9 Å². The number of hydrogen-bond acceptors (Lipinski definition) is 3. The first-order chi connectivity index (χ1) is 8.47. The molecule has 1 aromatic rings. The van der Waals surface area contributed by atoms with Gasteiger partial charge in [-0.25, -0.2) is 4.79 Å². The number of pyridine rings is 1. The van der Waals surface area contributed by atoms with Gasteiger partial charge in [-0.15, -0.1) is 0 Å². The monoisotopic (exact) mass is 270 g/mol. The molecule has 0 aliphatic heterocycles. The van der Waals surface area contributed by atoms with E-state index >= 15 is 0 Å². The molecule has 0 bridgehead atoms. The first kappa shape index (κ1) is 14.4. The molecule has 18 heavy (non-hydrogen) atoms. The molecule has 0 aliphatic rings. The van der Waals surface area contributed by atoms with Gasteiger partial charge in [0, 0.05) is 12.4 Å². The van der Waals surface area contributed by atoms with Gasteiger partial charge in [0.1, 0.15) is 6.04 Å². The van der Waals surface area contributed by atoms with Gasteiger partial charge in [-0.2, -0.15) is 0 Å². The third-order valence-corrected chi connectivity index (χ3v) is 3.08. The minimum absolute atomic E-state index is 0.160. The highest BCUT2D eigenvalue weighted by molar-refractivity contribution is 6.33. The summed E-state index contributed by atoms with van der Waals surface area (Å²) >= 11 is 5.82. The zero-order chi connectivity index (χ0) is 13.7. The minimum Gasteiger partial charge on any atom is -0.480 e. The molecule has 2 N–H and O–H groups in total. The third-order valence-electron chi connectivity index (χ3n) is 2.78. The molecule has 98 valence electrons. The van der Waals surface area contributed by atoms with Crippen LogP contribution < -0.4 is 5.32 Å². The Morgan fingerprint density at radius 1 is 1.56 bits per heavy atom. The van der Waals surface area contributed by atoms with Gasteiger partial charge >= 0.3 is 5.97 Å². The number of carboxylic acid groups (broad SMARTS) is 1. The highest BCUT2D eigenvalue weighted by atomic mass is 35.5. The van der Waals surface area contributed by atoms with Gasteiger partial charge in [0.15, 0.2) is 0 Å². The van der Waals surface area contributed by atoms with E-state index in [0.717, 1.165) is 0 Å². The number of aliphatic carboxylic acids is 1. The van der Waals surface area contributed by atoms with E-state index in [1.807, 2.05) is 6.92 Å². The zero-order valence-electron chi connectivity index (χ0n) is 10.2. The van der Waals surface area contributed by atoms with Crippen molar-refractivity contribution in [3.8, 4) is 0 Å². The Balaban J connectivity index is 2.86. The molecule has 0 spiro atoms. The first-order valence-electron chi connectivity index (χ1n) is 5.60. The second kappa shape index (κ2) is 6.35. The van der Waals surface area contributed by atoms with Crippen LogP contribution in [0.15, 0.2) is 18.5 Å². The van der Waals surface area contributed by atoms with Crippen LogP contribution in [0, 0.1) is 5.92 Å². The van der Waals surface area contributed by atoms with Crippen molar-refractivity contribution >= 4 is 23.5 Å². The molecule has 1 heterocycles. The number of nitrogens with zero attached hydrogens (tertiary/aromatic N) is 1. The number of amides is 1. The lowest BCUT2D eigenvalue weighted by Gasteiger charge is -2.20. The van der Waals surface area contributed by atoms with Crippen molar-refractivity contribution in [2.45, 2.75) is 26.3 Å². The van der Waals surface area contributed by atoms with E-state index in [2.05, 4.69) is 10.3 Å². The predicted octanol–water partition coefficient (Wildman–Crippen LogP) is 1.96. The predicted molar refractivity (Wildman–Crippen MR) is 67.6 cm³/mol. The summed E-state index contributed by atoms with van der Waals surface area (Å²) in [6.07, 6.45) is 3.43. The van der Waals surface area contributed by atoms with Crippen LogP contribution in [0.1, 0.15) is 30.6 Å². The summed E-state index contributed by atoms with van der Waals surface area (Å²) < 4.78 is 0. The van der Waals surface area contributed by atoms with E-state index in [1.54, 1.807) is 6.92 Å². The number of aromatic nitrogens is 1. The van der Waals surface area contributed by atoms with Gasteiger partial charge in [-0.3, -0.25) is 9.78 Å². The zero-order valence-corrected chi connectivity index (χ0v) is 10.9. The van der Waals surface area contributed by atoms with Crippen molar-refractivity contribution in [3.63, 3.8) is 0 Å². The van der Waals surface area contributed by atoms with Gasteiger partial charge in [0.05, 0.1) is 10.6 Å². The molecule has 0 aliphatic carbocycles. The molecule has 0 saturated carbocycles. The third kappa shape index (κ3) is 3.43. The Labute approximate surface area is 110 Å². The lowest BCUT2D eigenvalue weighted by molar-refractivity contribution is -0.140. The molecule has 0 aromatic carbocycles. The fourth-order valence-electron chi connectivity index (χ4n) is 1.46. The highest BCUT2D eigenvalue weighted by Crippen LogP contribution is 2.15. The summed E-state index contributed by atoms with van der Waals surface area (Å²) in [5.74, 6) is -1.72. The summed E-state index contributed by atoms with van der Waals surface area (Å²) in [5, 5.41) is 11.8. The smallest absolute Gasteiger partial charge is 0.326 e. The van der Waals surface area contributed by atoms with E-state index in [0.29, 0.717) is 6.42 Å². The van der Waals surface area contributed by atoms with Gasteiger partial charge in [-0.1, -0.05) is 31.9 Å². The SMILES string of the molecule is CCC(C)C(NC(=O)c1ccncc1Cl)C(=O)O. The molecule has 1 aromatic heterocycles. The molecule has 6 heteroatoms. The van der Waals surface area contributed by atoms with Crippen LogP contribution in [-0.2, 0) is 4.79 Å². The second-order valence-corrected chi connectivity index (χ2v) is 4.44. The average Bonchev–Trinajstić information content (AvgIpc) is 2.35. The second-order valence-electron chi connectivity index (χ2n) is 4.03. The topological polar surface area (TPSA) is 79.3 Å². The minimum atomic E-state index is -1.05. The van der Waals surface area contributed by atoms with Gasteiger partial charge in [-0.05, 0) is 12.0 Å². The van der Waals surface area contributed by atoms with Crippen molar-refractivity contribution < 1.29 is 14.7 Å². The molecular formula is C12H15ClN2O3. The number of hydrogen-bond donors (Lipinski definition) is 2. The summed E-state index contributed by atoms with van der Waals surface area (Å²) in [6, 6.07) is 0.527. The van der Waals surface area contributed by atoms with Crippen LogP contribution in [0.5, 0.6) is 0 Å². The van der Waals surface area contributed by atoms with Crippen LogP contribution in [0.25, 0.3) is 0 Å². The summed E-state index contributed by atoms with van der Waals surface area (Å²) in [7, 11) is 0. The van der Waals surface area contributed by atoms with E-state index in [4.69, 9.17) is 16.7 Å². The quantitative estimate of drug-likeness (QED) is 0.857. The van der Waals surface area contributed by atoms with Gasteiger partial charge in [0.2, 0.25) is 0 Å². The molecule has 0 fully saturated rings. The number of carbonyl (C=O) groups is 2. The molecule has 2 unspecified atom stereocenters. The van der Waals surface area contributed by atoms with Crippen LogP contribution in [0.3, 0.4) is 0 Å². The first-order valence-corrected chi connectivity index (χ1v) is 5.98. The Morgan fingerprint density at radius 3 is 2.72 bits per heavy atom. The van der Waals surface area contributed by atoms with Crippen molar-refractivity contribution in [2.24, 2.45) is 5.92 Å². The van der Waals surface area contributed by atoms with Crippen LogP contribution in [0.4, 0.5) is 0 Å². The maximum Gasteiger partial charge on any atom is 0.326 e. The number of carboxylic acids is 1. The van der Waals surface area contributed by atoms with E-state index in [1.165, 1.54) is 18.5 Å². The average molecular weight is 271 g/mol. The van der Waals surface area contributed by atoms with E-state index in [9.17, 15) is 9.59 Å². The van der Waals surface area contributed by atoms with Crippen molar-refractivity contribution in [1.82, 2.24) is 10.3 Å². The largest absolute Gasteiger partial charge is 0.480 e. The van der Waals surface area contributed by atoms with Crippen molar-refractivity contribution in [1.29, 1.82) is 0 Å². The van der Waals surface area contributed by atoms with Crippen LogP contribution >= 0.6 is 11.6 Å². The number of rotatable bonds is 5. The van der Waals surface area contributed by atoms with Gasteiger partial charge < -0.3 is 10.4 Å². The molecule has 2 atom stereocenters. The van der Waals surface area contributed by atoms with Gasteiger partial charge in [0.25, 0.3) is 5.91 Å². The Morgan fingerprint density at radius 2 is 2.22 bits per heavy atom. The lowest BCUT2D eigenvalue weighted by atomic mass is 9.99. The lowest BCUT2D eigenvalue weighted by Crippen LogP contribution is -2.45. The highest BCUT2D eigenvalue weighted by Gasteiger charge is 2.26. The molecular weight excluding hydrogens is 256 g/mol. The maximum absolute atomic E-state index is 11.9. The van der Waals surface area contributed by atoms with Crippen molar-refractivity contribution in [3.05, 3.63) is 29.0 Å². The maximum atomic E-state index is 11.9. The molecule has 0 saturated heterocycles. The van der Waals surface area contributed by atoms with Crippen LogP contribution in [-0.4, -0.2) is 28.0 Å². The number of halogens is 1. The molecule has 1 rings (SSSR count). The molecule has 5 nitrogen and oxygen atoms in total. The van der Waals surface area contributed by atoms with Crippen molar-refractivity contribution in [2.75, 3.05) is 0 Å². The fourth-order valence-corrected chi connectivity index (χ4v) is 1.67. The van der Waals surface area contributed by atoms with Crippen LogP contribution in [0.2, 0.25) is 5.02 Å². The Bertz CT molecular complexity index is 451. The fraction of sp³-hybridized carbons (Fsp3) is 0.417. The summed E-state index contributed by atoms with van der Waals surface area (Å²) in [4.78, 5) is 26.8. The summed E-state index contributed by atoms with van der Waals surface area (Å²) in [5.41, 5.74) is 0.223. The standard InChI is InChI=1S/C12H15ClN2O3/c1-3-7(2)10(12(17)18)15-11(16)8-4-5-14-6-9(8)13/h4-7,10H,3H2,1-2H3,(H,15,16)(H,17,18). The Hall–Kier alpha value is -1.62. The summed E-state index contributed by atoms with van der Waals surface area (Å²) in [6.45, 7) is 3.64. The van der Waals surface area contributed by atoms with E-state index in [-0.39, 0.29) is 16.5 Å². The molecule has 0 radical (unpaired) electrons. The normalized spacial score (nSPS) is 13.7. The number of nitrogens with one attached hydrogen (secondary N) is 1. The number of carbonyl (C=O) groups excluding carboxylic acids is 1. The Kier molecular flexibility index (Phi) is 5.09.